The molecule has 5 nitrogen and oxygen atoms in total. The summed E-state index contributed by atoms with van der Waals surface area (Å²) in [7, 11) is 0. The lowest BCUT2D eigenvalue weighted by molar-refractivity contribution is -0.121. The number of carbonyl (C=O) groups excluding carboxylic acids is 1. The second kappa shape index (κ2) is 7.98. The van der Waals surface area contributed by atoms with Crippen LogP contribution in [0.3, 0.4) is 0 Å². The number of fused-ring (bicyclic) bond motifs is 1. The van der Waals surface area contributed by atoms with E-state index in [1.165, 1.54) is 5.56 Å². The Bertz CT molecular complexity index is 812. The van der Waals surface area contributed by atoms with E-state index < -0.39 is 0 Å². The van der Waals surface area contributed by atoms with E-state index >= 15 is 0 Å². The molecule has 6 heteroatoms. The van der Waals surface area contributed by atoms with Gasteiger partial charge in [-0.3, -0.25) is 4.79 Å². The van der Waals surface area contributed by atoms with Crippen LogP contribution in [-0.2, 0) is 16.0 Å². The predicted octanol–water partition coefficient (Wildman–Crippen LogP) is 4.34. The van der Waals surface area contributed by atoms with E-state index in [-0.39, 0.29) is 11.8 Å². The van der Waals surface area contributed by atoms with E-state index in [2.05, 4.69) is 28.9 Å². The van der Waals surface area contributed by atoms with Crippen molar-refractivity contribution in [2.24, 2.45) is 5.92 Å². The lowest BCUT2D eigenvalue weighted by Gasteiger charge is -2.31. The number of ether oxygens (including phenoxy) is 1. The Morgan fingerprint density at radius 1 is 1.41 bits per heavy atom. The quantitative estimate of drug-likeness (QED) is 0.832. The predicted molar refractivity (Wildman–Crippen MR) is 111 cm³/mol. The zero-order valence-electron chi connectivity index (χ0n) is 16.0. The van der Waals surface area contributed by atoms with Crippen molar-refractivity contribution in [1.29, 1.82) is 0 Å². The minimum absolute atomic E-state index is 0.0200. The van der Waals surface area contributed by atoms with Gasteiger partial charge in [0.15, 0.2) is 5.13 Å². The summed E-state index contributed by atoms with van der Waals surface area (Å²) in [6.07, 6.45) is 4.62. The lowest BCUT2D eigenvalue weighted by Crippen LogP contribution is -2.38. The molecule has 1 saturated heterocycles. The molecule has 0 radical (unpaired) electrons. The summed E-state index contributed by atoms with van der Waals surface area (Å²) in [6, 6.07) is 6.38. The molecule has 1 atom stereocenters. The van der Waals surface area contributed by atoms with Crippen LogP contribution in [0, 0.1) is 5.92 Å². The molecule has 144 valence electrons. The molecule has 3 heterocycles. The van der Waals surface area contributed by atoms with Gasteiger partial charge >= 0.3 is 0 Å². The third-order valence-electron chi connectivity index (χ3n) is 5.26. The Hall–Kier alpha value is -1.92. The van der Waals surface area contributed by atoms with Gasteiger partial charge in [0, 0.05) is 42.2 Å². The van der Waals surface area contributed by atoms with Crippen molar-refractivity contribution in [3.8, 4) is 11.3 Å². The molecule has 27 heavy (non-hydrogen) atoms. The summed E-state index contributed by atoms with van der Waals surface area (Å²) in [5.41, 5.74) is 4.42. The van der Waals surface area contributed by atoms with E-state index in [9.17, 15) is 4.79 Å². The van der Waals surface area contributed by atoms with Gasteiger partial charge < -0.3 is 15.0 Å². The van der Waals surface area contributed by atoms with E-state index in [0.29, 0.717) is 6.10 Å². The first-order valence-electron chi connectivity index (χ1n) is 9.87. The number of hydrogen-bond acceptors (Lipinski definition) is 5. The molecule has 2 aromatic rings. The van der Waals surface area contributed by atoms with Crippen LogP contribution >= 0.6 is 11.3 Å². The highest BCUT2D eigenvalue weighted by Crippen LogP contribution is 2.33. The van der Waals surface area contributed by atoms with Crippen LogP contribution in [-0.4, -0.2) is 36.7 Å². The number of aromatic nitrogens is 1. The first kappa shape index (κ1) is 18.4. The average Bonchev–Trinajstić information content (AvgIpc) is 3.36. The third kappa shape index (κ3) is 4.01. The highest BCUT2D eigenvalue weighted by atomic mass is 32.1. The molecule has 1 aromatic heterocycles. The minimum Gasteiger partial charge on any atom is -0.376 e. The monoisotopic (exact) mass is 385 g/mol. The van der Waals surface area contributed by atoms with Gasteiger partial charge in [0.25, 0.3) is 0 Å². The van der Waals surface area contributed by atoms with Gasteiger partial charge in [-0.25, -0.2) is 4.98 Å². The Labute approximate surface area is 164 Å². The van der Waals surface area contributed by atoms with Gasteiger partial charge in [-0.05, 0) is 43.4 Å². The lowest BCUT2D eigenvalue weighted by atomic mass is 9.97. The highest BCUT2D eigenvalue weighted by molar-refractivity contribution is 7.14. The van der Waals surface area contributed by atoms with Gasteiger partial charge in [-0.1, -0.05) is 19.9 Å². The third-order valence-corrected chi connectivity index (χ3v) is 6.06. The summed E-state index contributed by atoms with van der Waals surface area (Å²) < 4.78 is 5.66. The zero-order chi connectivity index (χ0) is 18.8. The molecule has 4 rings (SSSR count). The number of thiazole rings is 1. The summed E-state index contributed by atoms with van der Waals surface area (Å²) >= 11 is 1.63. The number of amides is 1. The van der Waals surface area contributed by atoms with Crippen LogP contribution in [0.5, 0.6) is 0 Å². The number of aryl methyl sites for hydroxylation is 1. The molecule has 1 fully saturated rings. The SMILES string of the molecule is CC(C)C(=O)N1CCCc2cc(-c3csc(NC[C@H]4CCCO4)n3)ccc21. The molecule has 1 N–H and O–H groups in total. The molecule has 0 aliphatic carbocycles. The number of nitrogens with one attached hydrogen (secondary N) is 1. The topological polar surface area (TPSA) is 54.5 Å². The summed E-state index contributed by atoms with van der Waals surface area (Å²) in [5, 5.41) is 6.44. The number of nitrogens with zero attached hydrogens (tertiary/aromatic N) is 2. The largest absolute Gasteiger partial charge is 0.376 e. The van der Waals surface area contributed by atoms with Gasteiger partial charge in [-0.15, -0.1) is 11.3 Å². The second-order valence-corrected chi connectivity index (χ2v) is 8.50. The molecule has 0 unspecified atom stereocenters. The fraction of sp³-hybridized carbons (Fsp3) is 0.524. The molecular weight excluding hydrogens is 358 g/mol. The highest BCUT2D eigenvalue weighted by Gasteiger charge is 2.24. The van der Waals surface area contributed by atoms with E-state index in [4.69, 9.17) is 9.72 Å². The van der Waals surface area contributed by atoms with E-state index in [0.717, 1.165) is 67.5 Å². The van der Waals surface area contributed by atoms with Crippen molar-refractivity contribution in [3.63, 3.8) is 0 Å². The molecule has 2 aliphatic heterocycles. The number of hydrogen-bond donors (Lipinski definition) is 1. The van der Waals surface area contributed by atoms with E-state index in [1.807, 2.05) is 18.7 Å². The molecule has 0 saturated carbocycles. The van der Waals surface area contributed by atoms with Crippen molar-refractivity contribution < 1.29 is 9.53 Å². The van der Waals surface area contributed by atoms with Crippen LogP contribution in [0.4, 0.5) is 10.8 Å². The summed E-state index contributed by atoms with van der Waals surface area (Å²) in [6.45, 7) is 6.44. The molecule has 0 bridgehead atoms. The van der Waals surface area contributed by atoms with Gasteiger partial charge in [0.2, 0.25) is 5.91 Å². The molecule has 1 amide bonds. The minimum atomic E-state index is 0.0200. The van der Waals surface area contributed by atoms with Crippen LogP contribution in [0.2, 0.25) is 0 Å². The van der Waals surface area contributed by atoms with Gasteiger partial charge in [-0.2, -0.15) is 0 Å². The Morgan fingerprint density at radius 2 is 2.30 bits per heavy atom. The standard InChI is InChI=1S/C21H27N3O2S/c1-14(2)20(25)24-9-3-5-16-11-15(7-8-19(16)24)18-13-27-21(23-18)22-12-17-6-4-10-26-17/h7-8,11,13-14,17H,3-6,9-10,12H2,1-2H3,(H,22,23)/t17-/m1/s1. The van der Waals surface area contributed by atoms with Crippen LogP contribution in [0.1, 0.15) is 38.7 Å². The Balaban J connectivity index is 1.49. The van der Waals surface area contributed by atoms with Crippen molar-refractivity contribution in [2.45, 2.75) is 45.6 Å². The van der Waals surface area contributed by atoms with Crippen molar-refractivity contribution in [1.82, 2.24) is 4.98 Å². The number of benzene rings is 1. The molecule has 2 aliphatic rings. The van der Waals surface area contributed by atoms with Crippen molar-refractivity contribution >= 4 is 28.1 Å². The van der Waals surface area contributed by atoms with Crippen LogP contribution < -0.4 is 10.2 Å². The van der Waals surface area contributed by atoms with Gasteiger partial charge in [0.05, 0.1) is 11.8 Å². The molecule has 0 spiro atoms. The maximum absolute atomic E-state index is 12.5. The number of rotatable bonds is 5. The Morgan fingerprint density at radius 3 is 3.07 bits per heavy atom. The molecular formula is C21H27N3O2S. The van der Waals surface area contributed by atoms with Crippen LogP contribution in [0.15, 0.2) is 23.6 Å². The van der Waals surface area contributed by atoms with Gasteiger partial charge in [0.1, 0.15) is 0 Å². The van der Waals surface area contributed by atoms with E-state index in [1.54, 1.807) is 11.3 Å². The van der Waals surface area contributed by atoms with Crippen molar-refractivity contribution in [3.05, 3.63) is 29.1 Å². The second-order valence-electron chi connectivity index (χ2n) is 7.65. The number of carbonyl (C=O) groups is 1. The average molecular weight is 386 g/mol. The smallest absolute Gasteiger partial charge is 0.229 e. The summed E-state index contributed by atoms with van der Waals surface area (Å²) in [4.78, 5) is 19.2. The molecule has 1 aromatic carbocycles. The maximum atomic E-state index is 12.5. The summed E-state index contributed by atoms with van der Waals surface area (Å²) in [5.74, 6) is 0.227. The Kier molecular flexibility index (Phi) is 5.45. The zero-order valence-corrected chi connectivity index (χ0v) is 16.8. The fourth-order valence-electron chi connectivity index (χ4n) is 3.79. The first-order chi connectivity index (χ1) is 13.1. The van der Waals surface area contributed by atoms with Crippen LogP contribution in [0.25, 0.3) is 11.3 Å². The normalized spacial score (nSPS) is 19.4. The van der Waals surface area contributed by atoms with Crippen molar-refractivity contribution in [2.75, 3.05) is 29.9 Å². The fourth-order valence-corrected chi connectivity index (χ4v) is 4.52. The first-order valence-corrected chi connectivity index (χ1v) is 10.8. The maximum Gasteiger partial charge on any atom is 0.229 e. The number of anilines is 2.